The summed E-state index contributed by atoms with van der Waals surface area (Å²) in [4.78, 5) is 0. The van der Waals surface area contributed by atoms with Crippen LogP contribution in [0.1, 0.15) is 59.8 Å². The normalized spacial score (nSPS) is 26.8. The molecular formula is C17H34N2. The third-order valence-electron chi connectivity index (χ3n) is 4.77. The van der Waals surface area contributed by atoms with Gasteiger partial charge in [-0.3, -0.25) is 0 Å². The summed E-state index contributed by atoms with van der Waals surface area (Å²) in [5.41, 5.74) is 6.43. The van der Waals surface area contributed by atoms with E-state index in [1.54, 1.807) is 0 Å². The molecule has 0 saturated heterocycles. The Morgan fingerprint density at radius 1 is 1.21 bits per heavy atom. The molecule has 0 heterocycles. The summed E-state index contributed by atoms with van der Waals surface area (Å²) in [6, 6.07) is 0.520. The van der Waals surface area contributed by atoms with Crippen molar-refractivity contribution in [1.82, 2.24) is 5.32 Å². The molecule has 0 amide bonds. The molecule has 0 aromatic carbocycles. The molecule has 0 aliphatic heterocycles. The molecule has 1 unspecified atom stereocenters. The van der Waals surface area contributed by atoms with Gasteiger partial charge >= 0.3 is 0 Å². The summed E-state index contributed by atoms with van der Waals surface area (Å²) >= 11 is 0. The second-order valence-corrected chi connectivity index (χ2v) is 7.13. The lowest BCUT2D eigenvalue weighted by Gasteiger charge is -2.39. The molecule has 1 rings (SSSR count). The van der Waals surface area contributed by atoms with E-state index in [1.807, 2.05) is 0 Å². The van der Waals surface area contributed by atoms with Gasteiger partial charge in [-0.2, -0.15) is 0 Å². The maximum atomic E-state index is 5.96. The number of rotatable bonds is 6. The van der Waals surface area contributed by atoms with Crippen LogP contribution in [0.25, 0.3) is 0 Å². The van der Waals surface area contributed by atoms with Crippen LogP contribution in [-0.2, 0) is 0 Å². The van der Waals surface area contributed by atoms with E-state index in [4.69, 9.17) is 5.73 Å². The molecular weight excluding hydrogens is 232 g/mol. The molecule has 0 bridgehead atoms. The molecule has 2 heteroatoms. The molecule has 0 aromatic rings. The van der Waals surface area contributed by atoms with Crippen molar-refractivity contribution in [3.05, 3.63) is 12.2 Å². The van der Waals surface area contributed by atoms with Crippen molar-refractivity contribution in [3.8, 4) is 0 Å². The van der Waals surface area contributed by atoms with E-state index in [0.717, 1.165) is 31.3 Å². The highest BCUT2D eigenvalue weighted by atomic mass is 14.9. The predicted octanol–water partition coefficient (Wildman–Crippen LogP) is 3.72. The van der Waals surface area contributed by atoms with Crippen molar-refractivity contribution in [1.29, 1.82) is 0 Å². The Hall–Kier alpha value is -0.340. The number of hydrogen-bond acceptors (Lipinski definition) is 2. The lowest BCUT2D eigenvalue weighted by Crippen LogP contribution is -2.44. The van der Waals surface area contributed by atoms with E-state index in [9.17, 15) is 0 Å². The van der Waals surface area contributed by atoms with Gasteiger partial charge in [-0.25, -0.2) is 0 Å². The Morgan fingerprint density at radius 3 is 2.32 bits per heavy atom. The van der Waals surface area contributed by atoms with Gasteiger partial charge in [0.25, 0.3) is 0 Å². The van der Waals surface area contributed by atoms with Crippen LogP contribution in [0.15, 0.2) is 12.2 Å². The molecule has 0 spiro atoms. The number of allylic oxidation sites excluding steroid dienone is 1. The predicted molar refractivity (Wildman–Crippen MR) is 85.2 cm³/mol. The SMILES string of the molecule is C/C=C/CCNC(CN)C1CCC(C(C)(C)C)CC1. The first-order chi connectivity index (χ1) is 8.99. The average molecular weight is 266 g/mol. The first-order valence-corrected chi connectivity index (χ1v) is 8.03. The minimum absolute atomic E-state index is 0.475. The van der Waals surface area contributed by atoms with Crippen LogP contribution in [0, 0.1) is 17.3 Å². The average Bonchev–Trinajstić information content (AvgIpc) is 2.38. The fraction of sp³-hybridized carbons (Fsp3) is 0.882. The summed E-state index contributed by atoms with van der Waals surface area (Å²) in [5.74, 6) is 1.68. The summed E-state index contributed by atoms with van der Waals surface area (Å²) < 4.78 is 0. The fourth-order valence-electron chi connectivity index (χ4n) is 3.35. The minimum atomic E-state index is 0.475. The highest BCUT2D eigenvalue weighted by Crippen LogP contribution is 2.40. The third kappa shape index (κ3) is 5.66. The zero-order valence-electron chi connectivity index (χ0n) is 13.4. The Morgan fingerprint density at radius 2 is 1.84 bits per heavy atom. The summed E-state index contributed by atoms with van der Waals surface area (Å²) in [6.45, 7) is 11.1. The maximum Gasteiger partial charge on any atom is 0.0218 e. The van der Waals surface area contributed by atoms with Crippen LogP contribution in [0.2, 0.25) is 0 Å². The van der Waals surface area contributed by atoms with E-state index >= 15 is 0 Å². The van der Waals surface area contributed by atoms with Crippen molar-refractivity contribution >= 4 is 0 Å². The zero-order chi connectivity index (χ0) is 14.3. The number of hydrogen-bond donors (Lipinski definition) is 2. The monoisotopic (exact) mass is 266 g/mol. The molecule has 3 N–H and O–H groups in total. The van der Waals surface area contributed by atoms with E-state index in [2.05, 4.69) is 45.2 Å². The molecule has 1 aliphatic carbocycles. The molecule has 1 saturated carbocycles. The highest BCUT2D eigenvalue weighted by molar-refractivity contribution is 4.87. The minimum Gasteiger partial charge on any atom is -0.329 e. The first kappa shape index (κ1) is 16.7. The third-order valence-corrected chi connectivity index (χ3v) is 4.77. The quantitative estimate of drug-likeness (QED) is 0.568. The highest BCUT2D eigenvalue weighted by Gasteiger charge is 2.32. The first-order valence-electron chi connectivity index (χ1n) is 8.03. The van der Waals surface area contributed by atoms with Crippen molar-refractivity contribution in [3.63, 3.8) is 0 Å². The molecule has 112 valence electrons. The number of nitrogens with two attached hydrogens (primary N) is 1. The van der Waals surface area contributed by atoms with Crippen LogP contribution < -0.4 is 11.1 Å². The second kappa shape index (κ2) is 8.06. The molecule has 1 fully saturated rings. The Balaban J connectivity index is 2.35. The van der Waals surface area contributed by atoms with Crippen molar-refractivity contribution in [2.45, 2.75) is 65.8 Å². The second-order valence-electron chi connectivity index (χ2n) is 7.13. The Bertz CT molecular complexity index is 257. The van der Waals surface area contributed by atoms with E-state index < -0.39 is 0 Å². The van der Waals surface area contributed by atoms with Crippen LogP contribution in [-0.4, -0.2) is 19.1 Å². The van der Waals surface area contributed by atoms with Crippen LogP contribution in [0.5, 0.6) is 0 Å². The van der Waals surface area contributed by atoms with Crippen molar-refractivity contribution in [2.75, 3.05) is 13.1 Å². The van der Waals surface area contributed by atoms with Crippen LogP contribution >= 0.6 is 0 Å². The molecule has 0 radical (unpaired) electrons. The smallest absolute Gasteiger partial charge is 0.0218 e. The summed E-state index contributed by atoms with van der Waals surface area (Å²) in [7, 11) is 0. The zero-order valence-corrected chi connectivity index (χ0v) is 13.4. The topological polar surface area (TPSA) is 38.0 Å². The molecule has 1 aliphatic rings. The van der Waals surface area contributed by atoms with Gasteiger partial charge in [0.05, 0.1) is 0 Å². The number of nitrogens with one attached hydrogen (secondary N) is 1. The largest absolute Gasteiger partial charge is 0.329 e. The molecule has 19 heavy (non-hydrogen) atoms. The van der Waals surface area contributed by atoms with E-state index in [1.165, 1.54) is 25.7 Å². The molecule has 1 atom stereocenters. The lowest BCUT2D eigenvalue weighted by molar-refractivity contribution is 0.134. The van der Waals surface area contributed by atoms with Crippen LogP contribution in [0.4, 0.5) is 0 Å². The van der Waals surface area contributed by atoms with Gasteiger partial charge < -0.3 is 11.1 Å². The van der Waals surface area contributed by atoms with Gasteiger partial charge in [0.15, 0.2) is 0 Å². The maximum absolute atomic E-state index is 5.96. The van der Waals surface area contributed by atoms with Gasteiger partial charge in [-0.1, -0.05) is 32.9 Å². The van der Waals surface area contributed by atoms with E-state index in [-0.39, 0.29) is 0 Å². The van der Waals surface area contributed by atoms with E-state index in [0.29, 0.717) is 11.5 Å². The molecule has 2 nitrogen and oxygen atoms in total. The lowest BCUT2D eigenvalue weighted by atomic mass is 9.68. The van der Waals surface area contributed by atoms with Crippen molar-refractivity contribution < 1.29 is 0 Å². The van der Waals surface area contributed by atoms with Gasteiger partial charge in [0.2, 0.25) is 0 Å². The fourth-order valence-corrected chi connectivity index (χ4v) is 3.35. The summed E-state index contributed by atoms with van der Waals surface area (Å²) in [5, 5.41) is 3.65. The Labute approximate surface area is 120 Å². The van der Waals surface area contributed by atoms with Gasteiger partial charge in [-0.05, 0) is 62.8 Å². The standard InChI is InChI=1S/C17H34N2/c1-5-6-7-12-19-16(13-18)14-8-10-15(11-9-14)17(2,3)4/h5-6,14-16,19H,7-13,18H2,1-4H3/b6-5+. The van der Waals surface area contributed by atoms with Gasteiger partial charge in [-0.15, -0.1) is 0 Å². The van der Waals surface area contributed by atoms with Gasteiger partial charge in [0, 0.05) is 12.6 Å². The summed E-state index contributed by atoms with van der Waals surface area (Å²) in [6.07, 6.45) is 10.9. The Kier molecular flexibility index (Phi) is 7.09. The molecule has 0 aromatic heterocycles. The van der Waals surface area contributed by atoms with Crippen molar-refractivity contribution in [2.24, 2.45) is 23.0 Å². The van der Waals surface area contributed by atoms with Gasteiger partial charge in [0.1, 0.15) is 0 Å². The van der Waals surface area contributed by atoms with Crippen LogP contribution in [0.3, 0.4) is 0 Å².